The highest BCUT2D eigenvalue weighted by atomic mass is 35.5. The number of allylic oxidation sites excluding steroid dienone is 3. The number of hydrogen-bond acceptors (Lipinski definition) is 3. The van der Waals surface area contributed by atoms with Gasteiger partial charge in [-0.25, -0.2) is 0 Å². The van der Waals surface area contributed by atoms with Gasteiger partial charge in [0.05, 0.1) is 28.9 Å². The molecule has 1 saturated heterocycles. The first-order valence-electron chi connectivity index (χ1n) is 10.6. The van der Waals surface area contributed by atoms with E-state index >= 15 is 0 Å². The Morgan fingerprint density at radius 1 is 1.09 bits per heavy atom. The van der Waals surface area contributed by atoms with Crippen LogP contribution in [0.15, 0.2) is 83.3 Å². The Labute approximate surface area is 196 Å². The largest absolute Gasteiger partial charge is 0.417 e. The number of hydrogen-bond donors (Lipinski definition) is 0. The van der Waals surface area contributed by atoms with E-state index in [4.69, 9.17) is 16.3 Å². The van der Waals surface area contributed by atoms with Crippen LogP contribution in [0.25, 0.3) is 0 Å². The van der Waals surface area contributed by atoms with Crippen molar-refractivity contribution in [3.8, 4) is 0 Å². The van der Waals surface area contributed by atoms with E-state index in [0.717, 1.165) is 24.7 Å². The fraction of sp³-hybridized carbons (Fsp3) is 0.360. The third-order valence-electron chi connectivity index (χ3n) is 5.62. The molecule has 4 rings (SSSR count). The van der Waals surface area contributed by atoms with Crippen LogP contribution in [0, 0.1) is 0 Å². The van der Waals surface area contributed by atoms with Gasteiger partial charge < -0.3 is 4.74 Å². The van der Waals surface area contributed by atoms with Crippen LogP contribution in [0.1, 0.15) is 17.5 Å². The van der Waals surface area contributed by atoms with Gasteiger partial charge in [0.1, 0.15) is 0 Å². The summed E-state index contributed by atoms with van der Waals surface area (Å²) in [6.07, 6.45) is 1.90. The first-order chi connectivity index (χ1) is 15.4. The highest BCUT2D eigenvalue weighted by molar-refractivity contribution is 8.00. The molecule has 1 aliphatic carbocycles. The summed E-state index contributed by atoms with van der Waals surface area (Å²) in [6, 6.07) is 16.0. The molecule has 1 aliphatic heterocycles. The lowest BCUT2D eigenvalue weighted by molar-refractivity contribution is -0.139. The van der Waals surface area contributed by atoms with Gasteiger partial charge in [-0.1, -0.05) is 60.7 Å². The Bertz CT molecular complexity index is 963. The van der Waals surface area contributed by atoms with Crippen molar-refractivity contribution in [2.45, 2.75) is 40.8 Å². The molecule has 2 aromatic carbocycles. The van der Waals surface area contributed by atoms with Gasteiger partial charge in [-0.3, -0.25) is 4.90 Å². The number of ether oxygens (including phenoxy) is 1. The minimum absolute atomic E-state index is 0.0892. The van der Waals surface area contributed by atoms with Crippen LogP contribution < -0.4 is 0 Å². The SMILES string of the molecule is FC(F)(F)c1ccccc1S[C@@H](C1=CCC(Cl)C=C1)[C@@H]1CN(Cc2ccccc2)CCO1. The second kappa shape index (κ2) is 10.5. The predicted octanol–water partition coefficient (Wildman–Crippen LogP) is 6.56. The summed E-state index contributed by atoms with van der Waals surface area (Å²) in [5, 5.41) is -0.355. The Morgan fingerprint density at radius 3 is 2.56 bits per heavy atom. The van der Waals surface area contributed by atoms with Gasteiger partial charge in [0.15, 0.2) is 0 Å². The molecular weight excluding hydrogens is 455 g/mol. The summed E-state index contributed by atoms with van der Waals surface area (Å²) in [6.45, 7) is 2.78. The maximum Gasteiger partial charge on any atom is 0.417 e. The van der Waals surface area contributed by atoms with Crippen molar-refractivity contribution in [1.82, 2.24) is 4.90 Å². The zero-order chi connectivity index (χ0) is 22.6. The molecule has 2 nitrogen and oxygen atoms in total. The summed E-state index contributed by atoms with van der Waals surface area (Å²) < 4.78 is 47.1. The van der Waals surface area contributed by atoms with E-state index in [9.17, 15) is 13.2 Å². The monoisotopic (exact) mass is 479 g/mol. The quantitative estimate of drug-likeness (QED) is 0.344. The molecule has 2 aliphatic rings. The zero-order valence-corrected chi connectivity index (χ0v) is 19.0. The normalized spacial score (nSPS) is 23.1. The van der Waals surface area contributed by atoms with E-state index in [-0.39, 0.29) is 21.6 Å². The minimum Gasteiger partial charge on any atom is -0.374 e. The number of alkyl halides is 4. The Morgan fingerprint density at radius 2 is 1.84 bits per heavy atom. The third kappa shape index (κ3) is 5.98. The van der Waals surface area contributed by atoms with E-state index in [1.54, 1.807) is 12.1 Å². The molecule has 3 atom stereocenters. The molecule has 0 aromatic heterocycles. The minimum atomic E-state index is -4.40. The molecule has 1 fully saturated rings. The summed E-state index contributed by atoms with van der Waals surface area (Å²) >= 11 is 7.44. The van der Waals surface area contributed by atoms with Gasteiger partial charge in [-0.2, -0.15) is 13.2 Å². The van der Waals surface area contributed by atoms with Gasteiger partial charge >= 0.3 is 6.18 Å². The van der Waals surface area contributed by atoms with Gasteiger partial charge in [0.2, 0.25) is 0 Å². The second-order valence-corrected chi connectivity index (χ2v) is 9.72. The first-order valence-corrected chi connectivity index (χ1v) is 11.9. The van der Waals surface area contributed by atoms with Crippen LogP contribution >= 0.6 is 23.4 Å². The summed E-state index contributed by atoms with van der Waals surface area (Å²) in [4.78, 5) is 2.53. The number of halogens is 4. The van der Waals surface area contributed by atoms with E-state index in [1.807, 2.05) is 36.4 Å². The van der Waals surface area contributed by atoms with E-state index in [0.29, 0.717) is 19.6 Å². The molecule has 0 bridgehead atoms. The molecule has 1 unspecified atom stereocenters. The number of rotatable bonds is 6. The smallest absolute Gasteiger partial charge is 0.374 e. The maximum atomic E-state index is 13.6. The highest BCUT2D eigenvalue weighted by Gasteiger charge is 2.37. The second-order valence-electron chi connectivity index (χ2n) is 7.98. The molecular formula is C25H25ClF3NOS. The van der Waals surface area contributed by atoms with Crippen molar-refractivity contribution in [3.05, 3.63) is 89.5 Å². The Kier molecular flexibility index (Phi) is 7.66. The van der Waals surface area contributed by atoms with E-state index < -0.39 is 11.7 Å². The third-order valence-corrected chi connectivity index (χ3v) is 7.38. The number of benzene rings is 2. The molecule has 32 heavy (non-hydrogen) atoms. The number of nitrogens with zero attached hydrogens (tertiary/aromatic N) is 1. The van der Waals surface area contributed by atoms with Crippen molar-refractivity contribution >= 4 is 23.4 Å². The van der Waals surface area contributed by atoms with Crippen molar-refractivity contribution < 1.29 is 17.9 Å². The van der Waals surface area contributed by atoms with Crippen LogP contribution in [0.4, 0.5) is 13.2 Å². The van der Waals surface area contributed by atoms with Crippen LogP contribution in [-0.4, -0.2) is 41.3 Å². The van der Waals surface area contributed by atoms with Crippen molar-refractivity contribution in [2.24, 2.45) is 0 Å². The average Bonchev–Trinajstić information content (AvgIpc) is 2.79. The molecule has 0 spiro atoms. The molecule has 0 radical (unpaired) electrons. The van der Waals surface area contributed by atoms with Crippen molar-refractivity contribution in [3.63, 3.8) is 0 Å². The van der Waals surface area contributed by atoms with Gasteiger partial charge in [-0.15, -0.1) is 23.4 Å². The summed E-state index contributed by atoms with van der Waals surface area (Å²) in [5.74, 6) is 0. The predicted molar refractivity (Wildman–Crippen MR) is 124 cm³/mol. The molecule has 170 valence electrons. The van der Waals surface area contributed by atoms with E-state index in [1.165, 1.54) is 23.4 Å². The van der Waals surface area contributed by atoms with Crippen LogP contribution in [0.2, 0.25) is 0 Å². The van der Waals surface area contributed by atoms with Crippen LogP contribution in [0.5, 0.6) is 0 Å². The zero-order valence-electron chi connectivity index (χ0n) is 17.5. The number of thioether (sulfide) groups is 1. The first kappa shape index (κ1) is 23.4. The molecule has 1 heterocycles. The maximum absolute atomic E-state index is 13.6. The molecule has 2 aromatic rings. The van der Waals surface area contributed by atoms with Gasteiger partial charge in [0, 0.05) is 24.5 Å². The van der Waals surface area contributed by atoms with Gasteiger partial charge in [-0.05, 0) is 29.7 Å². The lowest BCUT2D eigenvalue weighted by Gasteiger charge is -2.38. The Balaban J connectivity index is 1.58. The highest BCUT2D eigenvalue weighted by Crippen LogP contribution is 2.42. The molecule has 0 amide bonds. The standard InChI is InChI=1S/C25H25ClF3NOS/c26-20-12-10-19(11-13-20)24(32-23-9-5-4-8-21(23)25(27,28)29)22-17-30(14-15-31-22)16-18-6-2-1-3-7-18/h1-12,20,22,24H,13-17H2/t20?,22-,24-/m0/s1. The molecule has 0 N–H and O–H groups in total. The molecule has 0 saturated carbocycles. The number of morpholine rings is 1. The molecule has 7 heteroatoms. The van der Waals surface area contributed by atoms with Crippen molar-refractivity contribution in [2.75, 3.05) is 19.7 Å². The lowest BCUT2D eigenvalue weighted by atomic mass is 9.99. The van der Waals surface area contributed by atoms with Crippen LogP contribution in [0.3, 0.4) is 0 Å². The van der Waals surface area contributed by atoms with E-state index in [2.05, 4.69) is 17.0 Å². The van der Waals surface area contributed by atoms with Gasteiger partial charge in [0.25, 0.3) is 0 Å². The topological polar surface area (TPSA) is 12.5 Å². The Hall–Kier alpha value is -1.73. The fourth-order valence-electron chi connectivity index (χ4n) is 4.02. The van der Waals surface area contributed by atoms with Crippen LogP contribution in [-0.2, 0) is 17.5 Å². The summed E-state index contributed by atoms with van der Waals surface area (Å²) in [5.41, 5.74) is 1.57. The van der Waals surface area contributed by atoms with Crippen molar-refractivity contribution in [1.29, 1.82) is 0 Å². The lowest BCUT2D eigenvalue weighted by Crippen LogP contribution is -2.47. The fourth-order valence-corrected chi connectivity index (χ4v) is 5.55. The average molecular weight is 480 g/mol. The summed E-state index contributed by atoms with van der Waals surface area (Å²) in [7, 11) is 0.